The number of benzene rings is 2. The monoisotopic (exact) mass is 486 g/mol. The van der Waals surface area contributed by atoms with Crippen LogP contribution in [0.2, 0.25) is 0 Å². The molecule has 7 nitrogen and oxygen atoms in total. The summed E-state index contributed by atoms with van der Waals surface area (Å²) in [4.78, 5) is 45.7. The van der Waals surface area contributed by atoms with E-state index in [1.165, 1.54) is 12.0 Å². The molecule has 4 atom stereocenters. The van der Waals surface area contributed by atoms with Gasteiger partial charge in [-0.3, -0.25) is 19.3 Å². The number of Topliss-reactive ketones (excluding diaryl/α,β-unsaturated/α-hetero) is 1. The van der Waals surface area contributed by atoms with Crippen molar-refractivity contribution >= 4 is 23.7 Å². The van der Waals surface area contributed by atoms with Gasteiger partial charge in [0.15, 0.2) is 5.78 Å². The number of imide groups is 1. The van der Waals surface area contributed by atoms with E-state index in [4.69, 9.17) is 9.47 Å². The number of ether oxygens (including phenoxy) is 2. The molecule has 36 heavy (non-hydrogen) atoms. The number of carbonyl (C=O) groups is 3. The summed E-state index contributed by atoms with van der Waals surface area (Å²) in [5.74, 6) is -0.980. The molecule has 2 aromatic rings. The zero-order valence-corrected chi connectivity index (χ0v) is 20.6. The Hall–Kier alpha value is -3.61. The van der Waals surface area contributed by atoms with Crippen LogP contribution in [0.15, 0.2) is 48.7 Å². The first-order valence-electron chi connectivity index (χ1n) is 12.7. The summed E-state index contributed by atoms with van der Waals surface area (Å²) >= 11 is 0. The lowest BCUT2D eigenvalue weighted by Gasteiger charge is -2.37. The average Bonchev–Trinajstić information content (AvgIpc) is 3.40. The standard InChI is InChI=1S/C29H30N2O5/c1-35-19-12-13-22(36-2)21(16-19)27(32)26-24-23(25-20-11-7-6-8-17(20)14-15-30(25)26)28(33)31(29(24)34)18-9-4-3-5-10-18/h6-8,11-16,18,23-26H,3-5,9-10H2,1-2H3/t23-,24+,25+,26-/m0/s1. The highest BCUT2D eigenvalue weighted by molar-refractivity contribution is 6.13. The summed E-state index contributed by atoms with van der Waals surface area (Å²) in [6, 6.07) is 11.8. The van der Waals surface area contributed by atoms with E-state index in [1.807, 2.05) is 41.4 Å². The molecule has 1 saturated carbocycles. The number of hydrogen-bond acceptors (Lipinski definition) is 6. The number of methoxy groups -OCH3 is 2. The zero-order valence-electron chi connectivity index (χ0n) is 20.6. The van der Waals surface area contributed by atoms with Crippen molar-refractivity contribution < 1.29 is 23.9 Å². The van der Waals surface area contributed by atoms with Gasteiger partial charge in [-0.05, 0) is 48.2 Å². The van der Waals surface area contributed by atoms with Crippen molar-refractivity contribution in [2.45, 2.75) is 50.2 Å². The summed E-state index contributed by atoms with van der Waals surface area (Å²) in [5, 5.41) is 0. The van der Waals surface area contributed by atoms with Gasteiger partial charge in [-0.1, -0.05) is 43.5 Å². The van der Waals surface area contributed by atoms with Crippen LogP contribution < -0.4 is 9.47 Å². The molecule has 186 valence electrons. The smallest absolute Gasteiger partial charge is 0.236 e. The largest absolute Gasteiger partial charge is 0.497 e. The maximum atomic E-state index is 14.2. The van der Waals surface area contributed by atoms with Crippen LogP contribution in [0.4, 0.5) is 0 Å². The molecular formula is C29H30N2O5. The number of hydrogen-bond donors (Lipinski definition) is 0. The molecule has 4 aliphatic rings. The van der Waals surface area contributed by atoms with Crippen molar-refractivity contribution in [1.82, 2.24) is 9.80 Å². The summed E-state index contributed by atoms with van der Waals surface area (Å²) in [6.07, 6.45) is 8.68. The van der Waals surface area contributed by atoms with E-state index in [-0.39, 0.29) is 29.7 Å². The van der Waals surface area contributed by atoms with Crippen LogP contribution in [0.3, 0.4) is 0 Å². The number of carbonyl (C=O) groups excluding carboxylic acids is 3. The number of nitrogens with zero attached hydrogens (tertiary/aromatic N) is 2. The molecule has 3 aliphatic heterocycles. The molecule has 3 heterocycles. The van der Waals surface area contributed by atoms with Crippen molar-refractivity contribution in [2.24, 2.45) is 11.8 Å². The normalized spacial score (nSPS) is 27.1. The molecule has 3 fully saturated rings. The number of likely N-dealkylation sites (tertiary alicyclic amines) is 1. The van der Waals surface area contributed by atoms with Gasteiger partial charge in [0.2, 0.25) is 11.8 Å². The highest BCUT2D eigenvalue weighted by Gasteiger charge is 2.65. The highest BCUT2D eigenvalue weighted by Crippen LogP contribution is 2.54. The van der Waals surface area contributed by atoms with Crippen LogP contribution in [0.1, 0.15) is 59.6 Å². The van der Waals surface area contributed by atoms with E-state index < -0.39 is 17.9 Å². The Morgan fingerprint density at radius 2 is 1.67 bits per heavy atom. The van der Waals surface area contributed by atoms with Crippen LogP contribution in [-0.2, 0) is 9.59 Å². The Bertz CT molecular complexity index is 1260. The van der Waals surface area contributed by atoms with Crippen molar-refractivity contribution in [3.63, 3.8) is 0 Å². The Morgan fingerprint density at radius 1 is 0.917 bits per heavy atom. The van der Waals surface area contributed by atoms with Crippen LogP contribution in [0.25, 0.3) is 6.08 Å². The first-order chi connectivity index (χ1) is 17.5. The first-order valence-corrected chi connectivity index (χ1v) is 12.7. The van der Waals surface area contributed by atoms with E-state index in [1.54, 1.807) is 25.3 Å². The predicted octanol–water partition coefficient (Wildman–Crippen LogP) is 4.23. The highest BCUT2D eigenvalue weighted by atomic mass is 16.5. The lowest BCUT2D eigenvalue weighted by molar-refractivity contribution is -0.144. The second kappa shape index (κ2) is 8.80. The summed E-state index contributed by atoms with van der Waals surface area (Å²) in [5.41, 5.74) is 2.35. The fourth-order valence-electron chi connectivity index (χ4n) is 6.75. The number of amides is 2. The van der Waals surface area contributed by atoms with Gasteiger partial charge in [0.1, 0.15) is 17.5 Å². The van der Waals surface area contributed by atoms with Crippen molar-refractivity contribution in [3.8, 4) is 11.5 Å². The average molecular weight is 487 g/mol. The van der Waals surface area contributed by atoms with Crippen LogP contribution in [0.5, 0.6) is 11.5 Å². The fraction of sp³-hybridized carbons (Fsp3) is 0.414. The van der Waals surface area contributed by atoms with Gasteiger partial charge in [-0.2, -0.15) is 0 Å². The van der Waals surface area contributed by atoms with Crippen LogP contribution >= 0.6 is 0 Å². The lowest BCUT2D eigenvalue weighted by atomic mass is 9.83. The maximum absolute atomic E-state index is 14.2. The molecule has 2 amide bonds. The molecule has 0 aromatic heterocycles. The molecule has 7 heteroatoms. The van der Waals surface area contributed by atoms with Gasteiger partial charge >= 0.3 is 0 Å². The molecule has 0 bridgehead atoms. The number of ketones is 1. The number of fused-ring (bicyclic) bond motifs is 5. The zero-order chi connectivity index (χ0) is 25.0. The van der Waals surface area contributed by atoms with E-state index >= 15 is 0 Å². The van der Waals surface area contributed by atoms with E-state index in [0.29, 0.717) is 17.1 Å². The Labute approximate surface area is 210 Å². The van der Waals surface area contributed by atoms with Gasteiger partial charge in [0, 0.05) is 12.2 Å². The predicted molar refractivity (Wildman–Crippen MR) is 133 cm³/mol. The van der Waals surface area contributed by atoms with Crippen LogP contribution in [-0.4, -0.2) is 53.7 Å². The molecule has 0 N–H and O–H groups in total. The summed E-state index contributed by atoms with van der Waals surface area (Å²) in [6.45, 7) is 0. The molecule has 0 spiro atoms. The van der Waals surface area contributed by atoms with Crippen molar-refractivity contribution in [2.75, 3.05) is 14.2 Å². The maximum Gasteiger partial charge on any atom is 0.236 e. The minimum atomic E-state index is -0.810. The van der Waals surface area contributed by atoms with Gasteiger partial charge < -0.3 is 14.4 Å². The fourth-order valence-corrected chi connectivity index (χ4v) is 6.75. The van der Waals surface area contributed by atoms with Crippen molar-refractivity contribution in [1.29, 1.82) is 0 Å². The topological polar surface area (TPSA) is 76.1 Å². The SMILES string of the molecule is COc1ccc(OC)c(C(=O)[C@@H]2[C@@H]3C(=O)N(C4CCCCC4)C(=O)[C@@H]3[C@H]3c4ccccc4C=CN23)c1. The third-order valence-electron chi connectivity index (χ3n) is 8.38. The summed E-state index contributed by atoms with van der Waals surface area (Å²) < 4.78 is 10.9. The minimum Gasteiger partial charge on any atom is -0.497 e. The summed E-state index contributed by atoms with van der Waals surface area (Å²) in [7, 11) is 3.06. The third-order valence-corrected chi connectivity index (χ3v) is 8.38. The Morgan fingerprint density at radius 3 is 2.42 bits per heavy atom. The van der Waals surface area contributed by atoms with E-state index in [2.05, 4.69) is 0 Å². The van der Waals surface area contributed by atoms with Crippen LogP contribution in [0, 0.1) is 11.8 Å². The second-order valence-corrected chi connectivity index (χ2v) is 10.1. The van der Waals surface area contributed by atoms with E-state index in [9.17, 15) is 14.4 Å². The Balaban J connectivity index is 1.48. The minimum absolute atomic E-state index is 0.0747. The van der Waals surface area contributed by atoms with Gasteiger partial charge in [0.05, 0.1) is 37.7 Å². The number of rotatable bonds is 5. The van der Waals surface area contributed by atoms with Gasteiger partial charge in [0.25, 0.3) is 0 Å². The molecule has 6 rings (SSSR count). The third kappa shape index (κ3) is 3.29. The van der Waals surface area contributed by atoms with Gasteiger partial charge in [-0.15, -0.1) is 0 Å². The molecule has 0 unspecified atom stereocenters. The lowest BCUT2D eigenvalue weighted by Crippen LogP contribution is -2.47. The molecule has 2 aromatic carbocycles. The molecule has 0 radical (unpaired) electrons. The molecule has 2 saturated heterocycles. The first kappa shape index (κ1) is 22.8. The Kier molecular flexibility index (Phi) is 5.58. The quantitative estimate of drug-likeness (QED) is 0.465. The van der Waals surface area contributed by atoms with Gasteiger partial charge in [-0.25, -0.2) is 0 Å². The van der Waals surface area contributed by atoms with Crippen molar-refractivity contribution in [3.05, 3.63) is 65.4 Å². The molecule has 1 aliphatic carbocycles. The molecular weight excluding hydrogens is 456 g/mol. The second-order valence-electron chi connectivity index (χ2n) is 10.1. The van der Waals surface area contributed by atoms with E-state index in [0.717, 1.165) is 43.2 Å².